The van der Waals surface area contributed by atoms with Crippen molar-refractivity contribution in [2.24, 2.45) is 5.92 Å². The molecule has 0 aliphatic rings. The normalized spacial score (nSPS) is 16.8. The van der Waals surface area contributed by atoms with Gasteiger partial charge in [-0.25, -0.2) is 0 Å². The molecule has 0 radical (unpaired) electrons. The Morgan fingerprint density at radius 1 is 1.40 bits per heavy atom. The Bertz CT molecular complexity index is 78.0. The summed E-state index contributed by atoms with van der Waals surface area (Å²) in [5, 5.41) is 0. The second-order valence-electron chi connectivity index (χ2n) is 2.31. The summed E-state index contributed by atoms with van der Waals surface area (Å²) in [7, 11) is 3.13. The van der Waals surface area contributed by atoms with Crippen LogP contribution in [0.1, 0.15) is 6.92 Å². The van der Waals surface area contributed by atoms with Crippen molar-refractivity contribution >= 4 is 0 Å². The van der Waals surface area contributed by atoms with E-state index in [0.717, 1.165) is 0 Å². The van der Waals surface area contributed by atoms with Crippen molar-refractivity contribution in [1.82, 2.24) is 0 Å². The summed E-state index contributed by atoms with van der Waals surface area (Å²) >= 11 is 0. The molecule has 0 aromatic heterocycles. The first-order valence-electron chi connectivity index (χ1n) is 3.34. The van der Waals surface area contributed by atoms with Gasteiger partial charge in [-0.05, 0) is 6.92 Å². The molecular formula is C7H15FO2. The second kappa shape index (κ2) is 5.62. The molecule has 3 heteroatoms. The average Bonchev–Trinajstić information content (AvgIpc) is 1.99. The maximum atomic E-state index is 12.1. The first-order valence-corrected chi connectivity index (χ1v) is 3.34. The first kappa shape index (κ1) is 9.85. The van der Waals surface area contributed by atoms with E-state index in [9.17, 15) is 4.39 Å². The molecule has 0 aliphatic heterocycles. The quantitative estimate of drug-likeness (QED) is 0.587. The van der Waals surface area contributed by atoms with Crippen LogP contribution in [0, 0.1) is 5.92 Å². The molecule has 0 bridgehead atoms. The van der Waals surface area contributed by atoms with Gasteiger partial charge in [0.1, 0.15) is 0 Å². The minimum absolute atomic E-state index is 0.0649. The van der Waals surface area contributed by atoms with Crippen molar-refractivity contribution in [3.8, 4) is 0 Å². The fraction of sp³-hybridized carbons (Fsp3) is 1.00. The molecule has 0 rings (SSSR count). The minimum Gasteiger partial charge on any atom is -0.384 e. The largest absolute Gasteiger partial charge is 0.384 e. The molecule has 0 spiro atoms. The molecule has 0 N–H and O–H groups in total. The molecule has 0 aromatic carbocycles. The highest BCUT2D eigenvalue weighted by atomic mass is 19.1. The Balaban J connectivity index is 3.56. The summed E-state index contributed by atoms with van der Waals surface area (Å²) in [4.78, 5) is 0. The number of hydrogen-bond donors (Lipinski definition) is 0. The van der Waals surface area contributed by atoms with Crippen molar-refractivity contribution in [1.29, 1.82) is 0 Å². The van der Waals surface area contributed by atoms with E-state index in [-0.39, 0.29) is 18.7 Å². The Morgan fingerprint density at radius 2 is 2.00 bits per heavy atom. The number of rotatable bonds is 5. The van der Waals surface area contributed by atoms with E-state index in [0.29, 0.717) is 6.61 Å². The molecule has 0 saturated carbocycles. The molecule has 0 saturated heterocycles. The molecule has 0 aromatic rings. The molecule has 0 fully saturated rings. The summed E-state index contributed by atoms with van der Waals surface area (Å²) in [5.41, 5.74) is 0. The predicted octanol–water partition coefficient (Wildman–Crippen LogP) is 1.25. The molecule has 1 unspecified atom stereocenters. The SMILES string of the molecule is COC[C@H](CF)C(C)OC. The van der Waals surface area contributed by atoms with E-state index >= 15 is 0 Å². The van der Waals surface area contributed by atoms with Gasteiger partial charge in [0.25, 0.3) is 0 Å². The lowest BCUT2D eigenvalue weighted by atomic mass is 10.1. The van der Waals surface area contributed by atoms with E-state index in [1.165, 1.54) is 0 Å². The Labute approximate surface area is 61.3 Å². The highest BCUT2D eigenvalue weighted by Gasteiger charge is 2.15. The van der Waals surface area contributed by atoms with Crippen molar-refractivity contribution in [3.05, 3.63) is 0 Å². The zero-order valence-corrected chi connectivity index (χ0v) is 6.76. The Hall–Kier alpha value is -0.150. The highest BCUT2D eigenvalue weighted by Crippen LogP contribution is 2.07. The van der Waals surface area contributed by atoms with Gasteiger partial charge in [0.2, 0.25) is 0 Å². The van der Waals surface area contributed by atoms with Gasteiger partial charge in [0.05, 0.1) is 19.4 Å². The Morgan fingerprint density at radius 3 is 2.30 bits per heavy atom. The van der Waals surface area contributed by atoms with E-state index in [2.05, 4.69) is 0 Å². The standard InChI is InChI=1S/C7H15FO2/c1-6(10-3)7(4-8)5-9-2/h6-7H,4-5H2,1-3H3/t6?,7-/m0/s1. The maximum Gasteiger partial charge on any atom is 0.0969 e. The van der Waals surface area contributed by atoms with Crippen LogP contribution in [-0.4, -0.2) is 33.6 Å². The molecule has 0 heterocycles. The van der Waals surface area contributed by atoms with Crippen LogP contribution in [0.25, 0.3) is 0 Å². The first-order chi connectivity index (χ1) is 4.76. The van der Waals surface area contributed by atoms with Crippen molar-refractivity contribution in [2.75, 3.05) is 27.5 Å². The van der Waals surface area contributed by atoms with Crippen LogP contribution in [0.2, 0.25) is 0 Å². The third-order valence-corrected chi connectivity index (χ3v) is 1.61. The van der Waals surface area contributed by atoms with Gasteiger partial charge in [-0.1, -0.05) is 0 Å². The van der Waals surface area contributed by atoms with Crippen LogP contribution in [0.3, 0.4) is 0 Å². The third kappa shape index (κ3) is 3.13. The van der Waals surface area contributed by atoms with Gasteiger partial charge in [0, 0.05) is 20.1 Å². The van der Waals surface area contributed by atoms with E-state index in [4.69, 9.17) is 9.47 Å². The summed E-state index contributed by atoms with van der Waals surface area (Å²) in [6, 6.07) is 0. The minimum atomic E-state index is -0.386. The molecule has 62 valence electrons. The number of halogens is 1. The number of methoxy groups -OCH3 is 2. The highest BCUT2D eigenvalue weighted by molar-refractivity contribution is 4.63. The van der Waals surface area contributed by atoms with Gasteiger partial charge < -0.3 is 9.47 Å². The van der Waals surface area contributed by atoms with E-state index in [1.54, 1.807) is 14.2 Å². The monoisotopic (exact) mass is 150 g/mol. The molecule has 0 aliphatic carbocycles. The molecule has 2 atom stereocenters. The zero-order chi connectivity index (χ0) is 7.98. The lowest BCUT2D eigenvalue weighted by Crippen LogP contribution is -2.25. The summed E-state index contributed by atoms with van der Waals surface area (Å²) in [6.45, 7) is 1.87. The fourth-order valence-corrected chi connectivity index (χ4v) is 0.712. The van der Waals surface area contributed by atoms with Gasteiger partial charge in [0.15, 0.2) is 0 Å². The number of ether oxygens (including phenoxy) is 2. The lowest BCUT2D eigenvalue weighted by molar-refractivity contribution is 0.0153. The fourth-order valence-electron chi connectivity index (χ4n) is 0.712. The van der Waals surface area contributed by atoms with Gasteiger partial charge in [-0.2, -0.15) is 0 Å². The van der Waals surface area contributed by atoms with Crippen LogP contribution in [0.5, 0.6) is 0 Å². The summed E-state index contributed by atoms with van der Waals surface area (Å²) < 4.78 is 21.9. The van der Waals surface area contributed by atoms with Crippen LogP contribution in [0.4, 0.5) is 4.39 Å². The third-order valence-electron chi connectivity index (χ3n) is 1.61. The maximum absolute atomic E-state index is 12.1. The predicted molar refractivity (Wildman–Crippen MR) is 37.8 cm³/mol. The summed E-state index contributed by atoms with van der Waals surface area (Å²) in [6.07, 6.45) is -0.0649. The number of hydrogen-bond acceptors (Lipinski definition) is 2. The summed E-state index contributed by atoms with van der Waals surface area (Å²) in [5.74, 6) is -0.130. The topological polar surface area (TPSA) is 18.5 Å². The van der Waals surface area contributed by atoms with Crippen molar-refractivity contribution < 1.29 is 13.9 Å². The van der Waals surface area contributed by atoms with Crippen molar-refractivity contribution in [2.45, 2.75) is 13.0 Å². The van der Waals surface area contributed by atoms with Crippen LogP contribution in [0.15, 0.2) is 0 Å². The molecule has 2 nitrogen and oxygen atoms in total. The smallest absolute Gasteiger partial charge is 0.0969 e. The number of alkyl halides is 1. The van der Waals surface area contributed by atoms with Crippen LogP contribution < -0.4 is 0 Å². The van der Waals surface area contributed by atoms with Crippen LogP contribution in [-0.2, 0) is 9.47 Å². The Kier molecular flexibility index (Phi) is 5.54. The average molecular weight is 150 g/mol. The van der Waals surface area contributed by atoms with Gasteiger partial charge in [-0.3, -0.25) is 4.39 Å². The molecule has 10 heavy (non-hydrogen) atoms. The zero-order valence-electron chi connectivity index (χ0n) is 6.76. The lowest BCUT2D eigenvalue weighted by Gasteiger charge is -2.18. The van der Waals surface area contributed by atoms with Crippen LogP contribution >= 0.6 is 0 Å². The molecule has 0 amide bonds. The second-order valence-corrected chi connectivity index (χ2v) is 2.31. The van der Waals surface area contributed by atoms with Crippen molar-refractivity contribution in [3.63, 3.8) is 0 Å². The van der Waals surface area contributed by atoms with Gasteiger partial charge >= 0.3 is 0 Å². The van der Waals surface area contributed by atoms with E-state index < -0.39 is 0 Å². The molecular weight excluding hydrogens is 135 g/mol. The van der Waals surface area contributed by atoms with Gasteiger partial charge in [-0.15, -0.1) is 0 Å². The van der Waals surface area contributed by atoms with E-state index in [1.807, 2.05) is 6.92 Å².